The molecule has 5 aliphatic heterocycles. The molecule has 0 amide bonds. The lowest BCUT2D eigenvalue weighted by molar-refractivity contribution is -0.228. The average molecular weight is 911 g/mol. The molecule has 6 heterocycles. The van der Waals surface area contributed by atoms with Gasteiger partial charge in [0.1, 0.15) is 11.2 Å². The number of esters is 4. The van der Waals surface area contributed by atoms with Crippen LogP contribution in [0.2, 0.25) is 0 Å². The number of methoxy groups -OCH3 is 3. The van der Waals surface area contributed by atoms with Crippen molar-refractivity contribution in [2.24, 2.45) is 16.7 Å². The number of aromatic amines is 1. The molecule has 2 aromatic carbocycles. The van der Waals surface area contributed by atoms with Crippen molar-refractivity contribution in [3.63, 3.8) is 0 Å². The van der Waals surface area contributed by atoms with Gasteiger partial charge < -0.3 is 48.7 Å². The highest BCUT2D eigenvalue weighted by Crippen LogP contribution is 2.68. The second-order valence-electron chi connectivity index (χ2n) is 19.8. The van der Waals surface area contributed by atoms with Crippen LogP contribution >= 0.6 is 0 Å². The van der Waals surface area contributed by atoms with Gasteiger partial charge in [-0.2, -0.15) is 0 Å². The topological polar surface area (TPSA) is 180 Å². The summed E-state index contributed by atoms with van der Waals surface area (Å²) in [5.41, 5.74) is -2.13. The van der Waals surface area contributed by atoms with Crippen LogP contribution in [0.4, 0.5) is 5.69 Å². The zero-order valence-electron chi connectivity index (χ0n) is 39.6. The number of benzene rings is 2. The molecule has 2 saturated heterocycles. The summed E-state index contributed by atoms with van der Waals surface area (Å²) >= 11 is 0. The Labute approximate surface area is 386 Å². The summed E-state index contributed by atoms with van der Waals surface area (Å²) in [6.45, 7) is 10.4. The Bertz CT molecular complexity index is 2470. The van der Waals surface area contributed by atoms with Crippen molar-refractivity contribution in [2.45, 2.75) is 113 Å². The molecule has 1 aliphatic carbocycles. The van der Waals surface area contributed by atoms with E-state index < -0.39 is 69.3 Å². The van der Waals surface area contributed by atoms with E-state index in [-0.39, 0.29) is 31.5 Å². The molecule has 1 spiro atoms. The number of para-hydroxylation sites is 1. The van der Waals surface area contributed by atoms with Crippen LogP contribution in [-0.2, 0) is 55.4 Å². The van der Waals surface area contributed by atoms with Gasteiger partial charge in [-0.3, -0.25) is 19.3 Å². The lowest BCUT2D eigenvalue weighted by atomic mass is 9.47. The number of aliphatic hydroxyl groups is 2. The lowest BCUT2D eigenvalue weighted by Crippen LogP contribution is -2.81. The molecular formula is C51H66N4O11. The first-order valence-electron chi connectivity index (χ1n) is 23.7. The van der Waals surface area contributed by atoms with E-state index in [0.29, 0.717) is 87.5 Å². The number of aliphatic hydroxyl groups excluding tert-OH is 1. The number of anilines is 1. The average Bonchev–Trinajstić information content (AvgIpc) is 3.98. The first kappa shape index (κ1) is 46.2. The van der Waals surface area contributed by atoms with Crippen molar-refractivity contribution in [3.05, 3.63) is 70.9 Å². The van der Waals surface area contributed by atoms with Crippen molar-refractivity contribution in [1.82, 2.24) is 14.8 Å². The van der Waals surface area contributed by atoms with Crippen LogP contribution in [0.1, 0.15) is 88.6 Å². The minimum absolute atomic E-state index is 0.123. The van der Waals surface area contributed by atoms with Crippen molar-refractivity contribution in [1.29, 1.82) is 0 Å². The van der Waals surface area contributed by atoms with Gasteiger partial charge in [0.2, 0.25) is 5.60 Å². The highest BCUT2D eigenvalue weighted by molar-refractivity contribution is 5.95. The monoisotopic (exact) mass is 910 g/mol. The minimum atomic E-state index is -2.35. The molecule has 9 rings (SSSR count). The normalized spacial score (nSPS) is 35.3. The van der Waals surface area contributed by atoms with E-state index in [2.05, 4.69) is 33.8 Å². The molecule has 356 valence electrons. The van der Waals surface area contributed by atoms with Crippen molar-refractivity contribution < 1.29 is 53.1 Å². The van der Waals surface area contributed by atoms with Crippen LogP contribution < -0.4 is 9.64 Å². The number of ether oxygens (including phenoxy) is 5. The zero-order valence-corrected chi connectivity index (χ0v) is 39.6. The Morgan fingerprint density at radius 3 is 2.39 bits per heavy atom. The molecule has 2 unspecified atom stereocenters. The third-order valence-electron chi connectivity index (χ3n) is 17.2. The first-order valence-corrected chi connectivity index (χ1v) is 23.7. The standard InChI is InChI=1S/C51H66N4O11/c1-9-47(20-17-39(57)65-11-3)29-54-23-18-33-32-15-12-13-16-36(32)52-40(33)50(45(59)63-7,27-31(28-54)41(47)58)35-25-34-37(26-38(35)62-6)53(5)43-49(34)21-24-55-22-14-19-48(10-2,42(49)55)44(66-30(4)56)51(43,61)46(60)64-8/h12-16,19,25-26,31,41-44,52,58,61H,9-11,17-18,20-24,27-29H2,1-8H3/t31-,41+,42-,43+,44+,47?,48+,49+,50-,51-/m0/s1. The van der Waals surface area contributed by atoms with Gasteiger partial charge >= 0.3 is 23.9 Å². The Kier molecular flexibility index (Phi) is 11.7. The maximum absolute atomic E-state index is 15.6. The third-order valence-corrected chi connectivity index (χ3v) is 17.2. The number of aromatic nitrogens is 1. The van der Waals surface area contributed by atoms with Crippen molar-refractivity contribution >= 4 is 40.5 Å². The van der Waals surface area contributed by atoms with Crippen LogP contribution in [-0.4, -0.2) is 146 Å². The quantitative estimate of drug-likeness (QED) is 0.139. The maximum Gasteiger partial charge on any atom is 0.344 e. The first-order chi connectivity index (χ1) is 31.6. The van der Waals surface area contributed by atoms with E-state index >= 15 is 4.79 Å². The predicted molar refractivity (Wildman–Crippen MR) is 245 cm³/mol. The van der Waals surface area contributed by atoms with Gasteiger partial charge in [-0.25, -0.2) is 4.79 Å². The fourth-order valence-corrected chi connectivity index (χ4v) is 14.6. The molecule has 2 bridgehead atoms. The molecule has 11 atom stereocenters. The van der Waals surface area contributed by atoms with Crippen LogP contribution in [0.3, 0.4) is 0 Å². The number of hydrogen-bond acceptors (Lipinski definition) is 14. The van der Waals surface area contributed by atoms with Crippen LogP contribution in [0.25, 0.3) is 10.9 Å². The Hall–Kier alpha value is -4.96. The summed E-state index contributed by atoms with van der Waals surface area (Å²) in [4.78, 5) is 66.5. The Morgan fingerprint density at radius 1 is 0.955 bits per heavy atom. The number of rotatable bonds is 11. The fourth-order valence-electron chi connectivity index (χ4n) is 14.6. The van der Waals surface area contributed by atoms with E-state index in [0.717, 1.165) is 22.0 Å². The molecule has 6 aliphatic rings. The predicted octanol–water partition coefficient (Wildman–Crippen LogP) is 4.56. The number of fused-ring (bicyclic) bond motifs is 6. The number of likely N-dealkylation sites (N-methyl/N-ethyl adjacent to an activating group) is 1. The van der Waals surface area contributed by atoms with Gasteiger partial charge in [0.05, 0.1) is 40.1 Å². The van der Waals surface area contributed by atoms with Crippen molar-refractivity contribution in [2.75, 3.05) is 72.6 Å². The second kappa shape index (κ2) is 16.7. The molecule has 1 saturated carbocycles. The van der Waals surface area contributed by atoms with Gasteiger partial charge in [0.25, 0.3) is 0 Å². The molecule has 15 nitrogen and oxygen atoms in total. The minimum Gasteiger partial charge on any atom is -0.496 e. The summed E-state index contributed by atoms with van der Waals surface area (Å²) in [7, 11) is 6.05. The van der Waals surface area contributed by atoms with E-state index in [9.17, 15) is 24.6 Å². The number of H-pyrrole nitrogens is 1. The van der Waals surface area contributed by atoms with Crippen LogP contribution in [0, 0.1) is 16.7 Å². The zero-order chi connectivity index (χ0) is 47.1. The lowest BCUT2D eigenvalue weighted by Gasteiger charge is -2.63. The van der Waals surface area contributed by atoms with Gasteiger partial charge in [-0.05, 0) is 81.2 Å². The second-order valence-corrected chi connectivity index (χ2v) is 19.8. The summed E-state index contributed by atoms with van der Waals surface area (Å²) in [5.74, 6) is -2.47. The van der Waals surface area contributed by atoms with E-state index in [1.54, 1.807) is 14.0 Å². The number of hydrogen-bond donors (Lipinski definition) is 3. The van der Waals surface area contributed by atoms with E-state index in [4.69, 9.17) is 23.7 Å². The van der Waals surface area contributed by atoms with Gasteiger partial charge in [-0.15, -0.1) is 0 Å². The number of nitrogens with zero attached hydrogens (tertiary/aromatic N) is 3. The van der Waals surface area contributed by atoms with Gasteiger partial charge in [-0.1, -0.05) is 44.2 Å². The number of carbonyl (C=O) groups is 4. The fraction of sp³-hybridized carbons (Fsp3) is 0.608. The highest BCUT2D eigenvalue weighted by atomic mass is 16.6. The van der Waals surface area contributed by atoms with Crippen molar-refractivity contribution in [3.8, 4) is 5.75 Å². The third kappa shape index (κ3) is 6.20. The Balaban J connectivity index is 1.33. The summed E-state index contributed by atoms with van der Waals surface area (Å²) in [5, 5.41) is 27.3. The highest BCUT2D eigenvalue weighted by Gasteiger charge is 2.80. The molecule has 66 heavy (non-hydrogen) atoms. The van der Waals surface area contributed by atoms with Crippen LogP contribution in [0.5, 0.6) is 5.75 Å². The summed E-state index contributed by atoms with van der Waals surface area (Å²) in [6.07, 6.45) is 4.67. The molecule has 3 N–H and O–H groups in total. The van der Waals surface area contributed by atoms with E-state index in [1.165, 1.54) is 21.1 Å². The molecule has 0 radical (unpaired) electrons. The SMILES string of the molecule is CCOC(=O)CCC1(CC)CN2CCc3c([nH]c4ccccc34)[C@@](C(=O)OC)(c3cc4c(cc3OC)N(C)[C@H]3[C@@](O)(C(=O)OC)[C@H](OC(C)=O)[C@]5(CC)C=CCN6CC[C@]43[C@@H]65)C[C@@H](C2)[C@H]1O. The number of carbonyl (C=O) groups excluding carboxylic acids is 4. The molecule has 1 aromatic heterocycles. The van der Waals surface area contributed by atoms with Gasteiger partial charge in [0.15, 0.2) is 6.10 Å². The number of nitrogens with one attached hydrogen (secondary N) is 1. The number of piperidine rings is 1. The van der Waals surface area contributed by atoms with Gasteiger partial charge in [0, 0.05) is 103 Å². The smallest absolute Gasteiger partial charge is 0.344 e. The molecular weight excluding hydrogens is 845 g/mol. The molecule has 15 heteroatoms. The molecule has 3 aromatic rings. The maximum atomic E-state index is 15.6. The largest absolute Gasteiger partial charge is 0.496 e. The summed E-state index contributed by atoms with van der Waals surface area (Å²) in [6, 6.07) is 10.7. The Morgan fingerprint density at radius 2 is 1.71 bits per heavy atom. The molecule has 3 fully saturated rings. The van der Waals surface area contributed by atoms with Crippen LogP contribution in [0.15, 0.2) is 48.6 Å². The van der Waals surface area contributed by atoms with E-state index in [1.807, 2.05) is 55.3 Å². The summed E-state index contributed by atoms with van der Waals surface area (Å²) < 4.78 is 29.5.